The minimum atomic E-state index is -3.68. The molecule has 0 saturated carbocycles. The van der Waals surface area contributed by atoms with Crippen LogP contribution in [0.4, 0.5) is 5.69 Å². The molecule has 7 nitrogen and oxygen atoms in total. The van der Waals surface area contributed by atoms with E-state index in [2.05, 4.69) is 0 Å². The quantitative estimate of drug-likeness (QED) is 0.663. The molecule has 2 aromatic rings. The summed E-state index contributed by atoms with van der Waals surface area (Å²) in [4.78, 5) is 32.1. The van der Waals surface area contributed by atoms with Crippen LogP contribution in [0.3, 0.4) is 0 Å². The molecule has 1 heterocycles. The number of sulfonamides is 1. The van der Waals surface area contributed by atoms with Crippen molar-refractivity contribution in [2.75, 3.05) is 17.7 Å². The number of hydrogen-bond acceptors (Lipinski definition) is 5. The molecule has 1 aliphatic rings. The van der Waals surface area contributed by atoms with Gasteiger partial charge in [-0.15, -0.1) is 0 Å². The molecule has 170 valence electrons. The van der Waals surface area contributed by atoms with Gasteiger partial charge in [0, 0.05) is 29.1 Å². The summed E-state index contributed by atoms with van der Waals surface area (Å²) in [6.07, 6.45) is 1.48. The Morgan fingerprint density at radius 3 is 2.53 bits per heavy atom. The van der Waals surface area contributed by atoms with Gasteiger partial charge in [-0.25, -0.2) is 8.42 Å². The second-order valence-corrected chi connectivity index (χ2v) is 10.1. The van der Waals surface area contributed by atoms with Gasteiger partial charge in [0.05, 0.1) is 17.7 Å². The molecule has 1 N–H and O–H groups in total. The SMILES string of the molecule is CC[C@H](C)C1N=C(c2ccccc2)c2cc(Cl)ccc2N(CCC(=O)NS(C)(=O)=O)C1=O. The van der Waals surface area contributed by atoms with Crippen LogP contribution in [0.2, 0.25) is 5.02 Å². The zero-order chi connectivity index (χ0) is 23.5. The number of hydrogen-bond donors (Lipinski definition) is 1. The molecule has 2 amide bonds. The number of nitrogens with one attached hydrogen (secondary N) is 1. The van der Waals surface area contributed by atoms with E-state index < -0.39 is 22.0 Å². The molecule has 0 bridgehead atoms. The summed E-state index contributed by atoms with van der Waals surface area (Å²) >= 11 is 6.30. The fourth-order valence-corrected chi connectivity index (χ4v) is 4.29. The van der Waals surface area contributed by atoms with Gasteiger partial charge in [0.1, 0.15) is 6.04 Å². The van der Waals surface area contributed by atoms with Crippen molar-refractivity contribution in [2.24, 2.45) is 10.9 Å². The van der Waals surface area contributed by atoms with Crippen molar-refractivity contribution in [3.05, 3.63) is 64.7 Å². The standard InChI is InChI=1S/C23H26ClN3O4S/c1-4-15(2)21-23(29)27(13-12-20(28)26-32(3,30)31)19-11-10-17(24)14-18(19)22(25-21)16-8-6-5-7-9-16/h5-11,14-15,21H,4,12-13H2,1-3H3,(H,26,28)/t15-,21?/m0/s1. The molecule has 2 atom stereocenters. The van der Waals surface area contributed by atoms with E-state index in [1.54, 1.807) is 18.2 Å². The Morgan fingerprint density at radius 1 is 1.22 bits per heavy atom. The third-order valence-corrected chi connectivity index (χ3v) is 6.22. The van der Waals surface area contributed by atoms with E-state index in [1.807, 2.05) is 48.9 Å². The lowest BCUT2D eigenvalue weighted by Gasteiger charge is -2.27. The Hall–Kier alpha value is -2.71. The molecule has 0 spiro atoms. The van der Waals surface area contributed by atoms with Gasteiger partial charge in [-0.1, -0.05) is 62.2 Å². The summed E-state index contributed by atoms with van der Waals surface area (Å²) in [7, 11) is -3.68. The molecular weight excluding hydrogens is 450 g/mol. The third kappa shape index (κ3) is 5.55. The number of halogens is 1. The zero-order valence-electron chi connectivity index (χ0n) is 18.2. The first-order valence-corrected chi connectivity index (χ1v) is 12.6. The average molecular weight is 476 g/mol. The minimum absolute atomic E-state index is 0.0132. The highest BCUT2D eigenvalue weighted by Gasteiger charge is 2.35. The molecule has 9 heteroatoms. The first-order valence-electron chi connectivity index (χ1n) is 10.4. The summed E-state index contributed by atoms with van der Waals surface area (Å²) in [6.45, 7) is 3.97. The van der Waals surface area contributed by atoms with Crippen molar-refractivity contribution in [3.63, 3.8) is 0 Å². The summed E-state index contributed by atoms with van der Waals surface area (Å²) < 4.78 is 24.7. The molecule has 0 aromatic heterocycles. The molecule has 1 aliphatic heterocycles. The van der Waals surface area contributed by atoms with Crippen LogP contribution in [0.5, 0.6) is 0 Å². The normalized spacial score (nSPS) is 17.2. The number of nitrogens with zero attached hydrogens (tertiary/aromatic N) is 2. The van der Waals surface area contributed by atoms with Crippen LogP contribution in [0.1, 0.15) is 37.8 Å². The summed E-state index contributed by atoms with van der Waals surface area (Å²) in [5, 5.41) is 0.497. The van der Waals surface area contributed by atoms with Gasteiger partial charge in [-0.05, 0) is 24.1 Å². The number of rotatable bonds is 7. The van der Waals surface area contributed by atoms with E-state index in [0.717, 1.165) is 18.2 Å². The number of carbonyl (C=O) groups excluding carboxylic acids is 2. The topological polar surface area (TPSA) is 95.9 Å². The first-order chi connectivity index (χ1) is 15.1. The van der Waals surface area contributed by atoms with E-state index in [9.17, 15) is 18.0 Å². The van der Waals surface area contributed by atoms with Crippen molar-refractivity contribution in [1.29, 1.82) is 0 Å². The monoisotopic (exact) mass is 475 g/mol. The van der Waals surface area contributed by atoms with Crippen LogP contribution in [-0.4, -0.2) is 44.8 Å². The largest absolute Gasteiger partial charge is 0.309 e. The van der Waals surface area contributed by atoms with Gasteiger partial charge in [0.25, 0.3) is 5.91 Å². The van der Waals surface area contributed by atoms with Crippen molar-refractivity contribution in [2.45, 2.75) is 32.7 Å². The second-order valence-electron chi connectivity index (χ2n) is 7.87. The number of aliphatic imine (C=N–C) groups is 1. The van der Waals surface area contributed by atoms with Gasteiger partial charge >= 0.3 is 0 Å². The average Bonchev–Trinajstić information content (AvgIpc) is 2.85. The highest BCUT2D eigenvalue weighted by atomic mass is 35.5. The molecule has 0 saturated heterocycles. The Bertz CT molecular complexity index is 1150. The molecule has 1 unspecified atom stereocenters. The maximum absolute atomic E-state index is 13.6. The van der Waals surface area contributed by atoms with E-state index in [-0.39, 0.29) is 24.8 Å². The maximum atomic E-state index is 13.6. The predicted molar refractivity (Wildman–Crippen MR) is 127 cm³/mol. The zero-order valence-corrected chi connectivity index (χ0v) is 19.8. The van der Waals surface area contributed by atoms with Crippen LogP contribution in [-0.2, 0) is 19.6 Å². The van der Waals surface area contributed by atoms with E-state index in [4.69, 9.17) is 16.6 Å². The van der Waals surface area contributed by atoms with Gasteiger partial charge in [0.15, 0.2) is 0 Å². The molecule has 0 fully saturated rings. The molecule has 0 aliphatic carbocycles. The fourth-order valence-electron chi connectivity index (χ4n) is 3.60. The van der Waals surface area contributed by atoms with Crippen LogP contribution in [0.25, 0.3) is 0 Å². The number of anilines is 1. The van der Waals surface area contributed by atoms with Crippen LogP contribution in [0, 0.1) is 5.92 Å². The van der Waals surface area contributed by atoms with E-state index in [0.29, 0.717) is 22.0 Å². The molecular formula is C23H26ClN3O4S. The minimum Gasteiger partial charge on any atom is -0.309 e. The maximum Gasteiger partial charge on any atom is 0.252 e. The van der Waals surface area contributed by atoms with Gasteiger partial charge < -0.3 is 4.90 Å². The summed E-state index contributed by atoms with van der Waals surface area (Å²) in [6, 6.07) is 14.1. The number of carbonyl (C=O) groups is 2. The lowest BCUT2D eigenvalue weighted by molar-refractivity contribution is -0.121. The van der Waals surface area contributed by atoms with Gasteiger partial charge in [-0.3, -0.25) is 19.3 Å². The van der Waals surface area contributed by atoms with Crippen LogP contribution in [0.15, 0.2) is 53.5 Å². The van der Waals surface area contributed by atoms with Gasteiger partial charge in [-0.2, -0.15) is 0 Å². The fraction of sp³-hybridized carbons (Fsp3) is 0.348. The van der Waals surface area contributed by atoms with Crippen molar-refractivity contribution in [3.8, 4) is 0 Å². The van der Waals surface area contributed by atoms with E-state index in [1.165, 1.54) is 4.90 Å². The first kappa shape index (κ1) is 23.9. The summed E-state index contributed by atoms with van der Waals surface area (Å²) in [5.41, 5.74) is 2.78. The predicted octanol–water partition coefficient (Wildman–Crippen LogP) is 3.40. The summed E-state index contributed by atoms with van der Waals surface area (Å²) in [5.74, 6) is -0.955. The van der Waals surface area contributed by atoms with Crippen molar-refractivity contribution < 1.29 is 18.0 Å². The lowest BCUT2D eigenvalue weighted by Crippen LogP contribution is -2.43. The molecule has 2 aromatic carbocycles. The molecule has 0 radical (unpaired) electrons. The number of amides is 2. The second kappa shape index (κ2) is 9.83. The smallest absolute Gasteiger partial charge is 0.252 e. The Kier molecular flexibility index (Phi) is 7.36. The van der Waals surface area contributed by atoms with Crippen molar-refractivity contribution in [1.82, 2.24) is 4.72 Å². The highest BCUT2D eigenvalue weighted by molar-refractivity contribution is 7.89. The van der Waals surface area contributed by atoms with Gasteiger partial charge in [0.2, 0.25) is 15.9 Å². The molecule has 32 heavy (non-hydrogen) atoms. The lowest BCUT2D eigenvalue weighted by atomic mass is 9.98. The van der Waals surface area contributed by atoms with E-state index >= 15 is 0 Å². The Balaban J connectivity index is 2.10. The number of benzene rings is 2. The number of benzodiazepines with no additional fused rings is 1. The Morgan fingerprint density at radius 2 is 1.91 bits per heavy atom. The number of fused-ring (bicyclic) bond motifs is 1. The van der Waals surface area contributed by atoms with Crippen LogP contribution < -0.4 is 9.62 Å². The van der Waals surface area contributed by atoms with Crippen molar-refractivity contribution >= 4 is 44.8 Å². The van der Waals surface area contributed by atoms with Crippen LogP contribution >= 0.6 is 11.6 Å². The Labute approximate surface area is 193 Å². The third-order valence-electron chi connectivity index (χ3n) is 5.38. The molecule has 3 rings (SSSR count). The highest BCUT2D eigenvalue weighted by Crippen LogP contribution is 2.33.